The van der Waals surface area contributed by atoms with Gasteiger partial charge in [-0.1, -0.05) is 13.8 Å². The first kappa shape index (κ1) is 13.9. The first-order valence-corrected chi connectivity index (χ1v) is 7.98. The van der Waals surface area contributed by atoms with Crippen molar-refractivity contribution < 1.29 is 0 Å². The predicted molar refractivity (Wildman–Crippen MR) is 84.1 cm³/mol. The van der Waals surface area contributed by atoms with E-state index in [4.69, 9.17) is 4.98 Å². The first-order chi connectivity index (χ1) is 9.52. The lowest BCUT2D eigenvalue weighted by atomic mass is 9.84. The average Bonchev–Trinajstić information content (AvgIpc) is 3.18. The van der Waals surface area contributed by atoms with Crippen LogP contribution in [0.1, 0.15) is 50.8 Å². The number of hydrogen-bond acceptors (Lipinski definition) is 3. The average molecular weight is 273 g/mol. The molecule has 3 heteroatoms. The number of aryl methyl sites for hydroxylation is 1. The third kappa shape index (κ3) is 3.51. The van der Waals surface area contributed by atoms with Gasteiger partial charge in [0.15, 0.2) is 0 Å². The fourth-order valence-corrected chi connectivity index (χ4v) is 3.15. The number of pyridine rings is 1. The van der Waals surface area contributed by atoms with Crippen molar-refractivity contribution in [1.29, 1.82) is 0 Å². The van der Waals surface area contributed by atoms with E-state index in [1.807, 2.05) is 0 Å². The molecular weight excluding hydrogens is 246 g/mol. The van der Waals surface area contributed by atoms with Gasteiger partial charge in [0, 0.05) is 31.4 Å². The number of anilines is 1. The number of aromatic nitrogens is 1. The highest BCUT2D eigenvalue weighted by Gasteiger charge is 2.27. The van der Waals surface area contributed by atoms with Crippen molar-refractivity contribution in [3.05, 3.63) is 23.4 Å². The summed E-state index contributed by atoms with van der Waals surface area (Å²) >= 11 is 0. The molecule has 3 nitrogen and oxygen atoms in total. The highest BCUT2D eigenvalue weighted by molar-refractivity contribution is 5.43. The van der Waals surface area contributed by atoms with E-state index in [1.54, 1.807) is 0 Å². The Morgan fingerprint density at radius 1 is 1.35 bits per heavy atom. The first-order valence-electron chi connectivity index (χ1n) is 7.98. The minimum absolute atomic E-state index is 0.413. The normalized spacial score (nSPS) is 22.1. The number of nitrogens with one attached hydrogen (secondary N) is 1. The Bertz CT molecular complexity index is 477. The Balaban J connectivity index is 1.74. The van der Waals surface area contributed by atoms with Crippen LogP contribution in [-0.4, -0.2) is 24.1 Å². The summed E-state index contributed by atoms with van der Waals surface area (Å²) in [5.41, 5.74) is 2.93. The maximum Gasteiger partial charge on any atom is 0.129 e. The van der Waals surface area contributed by atoms with E-state index in [0.717, 1.165) is 31.4 Å². The van der Waals surface area contributed by atoms with Crippen molar-refractivity contribution in [1.82, 2.24) is 10.3 Å². The summed E-state index contributed by atoms with van der Waals surface area (Å²) < 4.78 is 0. The lowest BCUT2D eigenvalue weighted by molar-refractivity contribution is 0.292. The van der Waals surface area contributed by atoms with Crippen molar-refractivity contribution >= 4 is 5.82 Å². The molecule has 2 heterocycles. The molecule has 0 amide bonds. The molecule has 1 aromatic heterocycles. The minimum Gasteiger partial charge on any atom is -0.356 e. The molecular formula is C17H27N3. The van der Waals surface area contributed by atoms with Gasteiger partial charge in [0.1, 0.15) is 5.82 Å². The molecule has 1 saturated heterocycles. The zero-order valence-electron chi connectivity index (χ0n) is 13.1. The SMILES string of the molecule is Cc1cc(CNC2CC2)cc(N2CCCC(C)(C)C2)n1. The molecule has 1 saturated carbocycles. The molecule has 2 fully saturated rings. The van der Waals surface area contributed by atoms with Gasteiger partial charge in [-0.3, -0.25) is 0 Å². The van der Waals surface area contributed by atoms with E-state index in [-0.39, 0.29) is 0 Å². The van der Waals surface area contributed by atoms with Crippen LogP contribution < -0.4 is 10.2 Å². The maximum absolute atomic E-state index is 4.76. The Labute approximate surface area is 122 Å². The van der Waals surface area contributed by atoms with Crippen molar-refractivity contribution in [3.63, 3.8) is 0 Å². The Hall–Kier alpha value is -1.09. The summed E-state index contributed by atoms with van der Waals surface area (Å²) in [5, 5.41) is 3.60. The molecule has 0 spiro atoms. The van der Waals surface area contributed by atoms with Gasteiger partial charge in [-0.2, -0.15) is 0 Å². The van der Waals surface area contributed by atoms with Gasteiger partial charge in [-0.15, -0.1) is 0 Å². The van der Waals surface area contributed by atoms with Crippen molar-refractivity contribution in [2.75, 3.05) is 18.0 Å². The van der Waals surface area contributed by atoms with Crippen LogP contribution in [0.15, 0.2) is 12.1 Å². The van der Waals surface area contributed by atoms with Crippen LogP contribution in [0.4, 0.5) is 5.82 Å². The van der Waals surface area contributed by atoms with E-state index in [1.165, 1.54) is 37.1 Å². The number of rotatable bonds is 4. The summed E-state index contributed by atoms with van der Waals surface area (Å²) in [4.78, 5) is 7.23. The highest BCUT2D eigenvalue weighted by Crippen LogP contribution is 2.31. The van der Waals surface area contributed by atoms with Crippen LogP contribution >= 0.6 is 0 Å². The van der Waals surface area contributed by atoms with Crippen LogP contribution in [0.2, 0.25) is 0 Å². The van der Waals surface area contributed by atoms with E-state index < -0.39 is 0 Å². The van der Waals surface area contributed by atoms with Gasteiger partial charge in [0.2, 0.25) is 0 Å². The van der Waals surface area contributed by atoms with Crippen LogP contribution in [0.3, 0.4) is 0 Å². The fraction of sp³-hybridized carbons (Fsp3) is 0.706. The predicted octanol–water partition coefficient (Wildman–Crippen LogP) is 3.27. The Morgan fingerprint density at radius 3 is 2.85 bits per heavy atom. The molecule has 3 rings (SSSR count). The van der Waals surface area contributed by atoms with Crippen LogP contribution in [0, 0.1) is 12.3 Å². The zero-order chi connectivity index (χ0) is 14.2. The Kier molecular flexibility index (Phi) is 3.72. The van der Waals surface area contributed by atoms with Gasteiger partial charge in [-0.25, -0.2) is 4.98 Å². The lowest BCUT2D eigenvalue weighted by Crippen LogP contribution is -2.40. The molecule has 20 heavy (non-hydrogen) atoms. The molecule has 1 aliphatic heterocycles. The second-order valence-corrected chi connectivity index (χ2v) is 7.32. The van der Waals surface area contributed by atoms with E-state index in [0.29, 0.717) is 5.41 Å². The fourth-order valence-electron chi connectivity index (χ4n) is 3.15. The molecule has 0 atom stereocenters. The maximum atomic E-state index is 4.76. The molecule has 1 N–H and O–H groups in total. The van der Waals surface area contributed by atoms with Crippen LogP contribution in [0.25, 0.3) is 0 Å². The van der Waals surface area contributed by atoms with Gasteiger partial charge < -0.3 is 10.2 Å². The zero-order valence-corrected chi connectivity index (χ0v) is 13.1. The molecule has 0 radical (unpaired) electrons. The van der Waals surface area contributed by atoms with E-state index >= 15 is 0 Å². The monoisotopic (exact) mass is 273 g/mol. The quantitative estimate of drug-likeness (QED) is 0.912. The molecule has 0 aromatic carbocycles. The molecule has 110 valence electrons. The van der Waals surface area contributed by atoms with Crippen LogP contribution in [0.5, 0.6) is 0 Å². The minimum atomic E-state index is 0.413. The summed E-state index contributed by atoms with van der Waals surface area (Å²) in [6.45, 7) is 10.1. The van der Waals surface area contributed by atoms with Crippen molar-refractivity contribution in [3.8, 4) is 0 Å². The van der Waals surface area contributed by atoms with Crippen molar-refractivity contribution in [2.24, 2.45) is 5.41 Å². The van der Waals surface area contributed by atoms with Gasteiger partial charge in [0.05, 0.1) is 0 Å². The summed E-state index contributed by atoms with van der Waals surface area (Å²) in [5.74, 6) is 1.17. The lowest BCUT2D eigenvalue weighted by Gasteiger charge is -2.39. The van der Waals surface area contributed by atoms with Gasteiger partial charge >= 0.3 is 0 Å². The van der Waals surface area contributed by atoms with Crippen LogP contribution in [-0.2, 0) is 6.54 Å². The summed E-state index contributed by atoms with van der Waals surface area (Å²) in [7, 11) is 0. The Morgan fingerprint density at radius 2 is 2.15 bits per heavy atom. The van der Waals surface area contributed by atoms with Crippen molar-refractivity contribution in [2.45, 2.75) is 59.0 Å². The summed E-state index contributed by atoms with van der Waals surface area (Å²) in [6.07, 6.45) is 5.29. The van der Waals surface area contributed by atoms with Gasteiger partial charge in [0.25, 0.3) is 0 Å². The smallest absolute Gasteiger partial charge is 0.129 e. The number of hydrogen-bond donors (Lipinski definition) is 1. The molecule has 0 unspecified atom stereocenters. The second-order valence-electron chi connectivity index (χ2n) is 7.32. The molecule has 1 aromatic rings. The topological polar surface area (TPSA) is 28.2 Å². The second kappa shape index (κ2) is 5.36. The van der Waals surface area contributed by atoms with E-state index in [2.05, 4.69) is 43.1 Å². The number of piperidine rings is 1. The summed E-state index contributed by atoms with van der Waals surface area (Å²) in [6, 6.07) is 5.26. The third-order valence-electron chi connectivity index (χ3n) is 4.40. The largest absolute Gasteiger partial charge is 0.356 e. The molecule has 1 aliphatic carbocycles. The third-order valence-corrected chi connectivity index (χ3v) is 4.40. The van der Waals surface area contributed by atoms with E-state index in [9.17, 15) is 0 Å². The van der Waals surface area contributed by atoms with Gasteiger partial charge in [-0.05, 0) is 55.7 Å². The standard InChI is InChI=1S/C17H27N3/c1-13-9-14(11-18-15-5-6-15)10-16(19-13)20-8-4-7-17(2,3)12-20/h9-10,15,18H,4-8,11-12H2,1-3H3. The highest BCUT2D eigenvalue weighted by atomic mass is 15.2. The molecule has 2 aliphatic rings. The number of nitrogens with zero attached hydrogens (tertiary/aromatic N) is 2. The molecule has 0 bridgehead atoms.